The highest BCUT2D eigenvalue weighted by Crippen LogP contribution is 2.46. The zero-order chi connectivity index (χ0) is 21.1. The first-order chi connectivity index (χ1) is 13.1. The van der Waals surface area contributed by atoms with Crippen LogP contribution in [0.1, 0.15) is 89.5 Å². The van der Waals surface area contributed by atoms with E-state index in [9.17, 15) is 0 Å². The summed E-state index contributed by atoms with van der Waals surface area (Å²) in [6.07, 6.45) is 0.0931. The molecule has 2 rings (SSSR count). The van der Waals surface area contributed by atoms with Crippen LogP contribution in [0, 0.1) is 5.92 Å². The van der Waals surface area contributed by atoms with Gasteiger partial charge >= 0.3 is 0 Å². The normalized spacial score (nSPS) is 12.3. The van der Waals surface area contributed by atoms with E-state index in [2.05, 4.69) is 110 Å². The molecule has 0 aliphatic carbocycles. The van der Waals surface area contributed by atoms with E-state index in [1.54, 1.807) is 0 Å². The Morgan fingerprint density at radius 2 is 1.04 bits per heavy atom. The number of allylic oxidation sites excluding steroid dienone is 1. The highest BCUT2D eigenvalue weighted by molar-refractivity contribution is 5.49. The Hall–Kier alpha value is -2.02. The van der Waals surface area contributed by atoms with Crippen molar-refractivity contribution in [2.75, 3.05) is 0 Å². The van der Waals surface area contributed by atoms with E-state index in [1.807, 2.05) is 0 Å². The van der Waals surface area contributed by atoms with Crippen molar-refractivity contribution < 1.29 is 4.74 Å². The number of hydrogen-bond acceptors (Lipinski definition) is 1. The van der Waals surface area contributed by atoms with Gasteiger partial charge in [-0.05, 0) is 53.9 Å². The van der Waals surface area contributed by atoms with Crippen molar-refractivity contribution in [2.24, 2.45) is 5.92 Å². The van der Waals surface area contributed by atoms with Gasteiger partial charge in [0.1, 0.15) is 5.76 Å². The maximum absolute atomic E-state index is 6.25. The van der Waals surface area contributed by atoms with Crippen molar-refractivity contribution in [1.29, 1.82) is 0 Å². The predicted molar refractivity (Wildman–Crippen MR) is 122 cm³/mol. The molecule has 2 aromatic carbocycles. The van der Waals surface area contributed by atoms with Gasteiger partial charge in [-0.15, -0.1) is 0 Å². The zero-order valence-electron chi connectivity index (χ0n) is 19.0. The van der Waals surface area contributed by atoms with Gasteiger partial charge < -0.3 is 4.74 Å². The van der Waals surface area contributed by atoms with E-state index >= 15 is 0 Å². The molecular formula is C27H38O. The maximum Gasteiger partial charge on any atom is 0.104 e. The summed E-state index contributed by atoms with van der Waals surface area (Å²) in [5, 5.41) is 0. The Morgan fingerprint density at radius 3 is 1.29 bits per heavy atom. The number of rotatable bonds is 8. The Balaban J connectivity index is 2.69. The van der Waals surface area contributed by atoms with Crippen LogP contribution in [-0.2, 0) is 10.2 Å². The Kier molecular flexibility index (Phi) is 7.15. The Bertz CT molecular complexity index is 709. The molecule has 0 saturated heterocycles. The number of ether oxygens (including phenoxy) is 1. The van der Waals surface area contributed by atoms with Crippen molar-refractivity contribution in [3.05, 3.63) is 83.1 Å². The molecule has 0 atom stereocenters. The van der Waals surface area contributed by atoms with Crippen LogP contribution >= 0.6 is 0 Å². The average Bonchev–Trinajstić information content (AvgIpc) is 2.62. The first-order valence-corrected chi connectivity index (χ1v) is 10.7. The van der Waals surface area contributed by atoms with Gasteiger partial charge in [-0.1, -0.05) is 96.7 Å². The van der Waals surface area contributed by atoms with E-state index in [0.717, 1.165) is 5.76 Å². The van der Waals surface area contributed by atoms with Crippen LogP contribution in [-0.4, -0.2) is 6.10 Å². The molecule has 28 heavy (non-hydrogen) atoms. The van der Waals surface area contributed by atoms with Crippen LogP contribution in [0.2, 0.25) is 0 Å². The average molecular weight is 379 g/mol. The van der Waals surface area contributed by atoms with Gasteiger partial charge in [0, 0.05) is 0 Å². The molecule has 0 heterocycles. The first-order valence-electron chi connectivity index (χ1n) is 10.7. The molecule has 0 fully saturated rings. The van der Waals surface area contributed by atoms with Crippen LogP contribution in [0.15, 0.2) is 60.9 Å². The fraction of sp³-hybridized carbons (Fsp3) is 0.481. The summed E-state index contributed by atoms with van der Waals surface area (Å²) in [5.41, 5.74) is 4.82. The van der Waals surface area contributed by atoms with Crippen molar-refractivity contribution in [2.45, 2.75) is 78.7 Å². The van der Waals surface area contributed by atoms with Gasteiger partial charge in [-0.2, -0.15) is 0 Å². The van der Waals surface area contributed by atoms with Crippen molar-refractivity contribution >= 4 is 0 Å². The fourth-order valence-electron chi connectivity index (χ4n) is 4.12. The highest BCUT2D eigenvalue weighted by atomic mass is 16.5. The summed E-state index contributed by atoms with van der Waals surface area (Å²) in [5.74, 6) is 2.16. The Morgan fingerprint density at radius 1 is 0.679 bits per heavy atom. The second-order valence-electron chi connectivity index (χ2n) is 9.11. The third-order valence-electron chi connectivity index (χ3n) is 5.75. The second-order valence-corrected chi connectivity index (χ2v) is 9.11. The van der Waals surface area contributed by atoms with Crippen LogP contribution in [0.4, 0.5) is 0 Å². The Labute approximate surface area is 172 Å². The molecule has 0 aliphatic rings. The monoisotopic (exact) mass is 378 g/mol. The lowest BCUT2D eigenvalue weighted by Crippen LogP contribution is -2.37. The van der Waals surface area contributed by atoms with Crippen LogP contribution < -0.4 is 0 Å². The predicted octanol–water partition coefficient (Wildman–Crippen LogP) is 7.81. The molecule has 0 aliphatic heterocycles. The smallest absolute Gasteiger partial charge is 0.104 e. The minimum atomic E-state index is -0.380. The quantitative estimate of drug-likeness (QED) is 0.425. The summed E-state index contributed by atoms with van der Waals surface area (Å²) in [6.45, 7) is 22.0. The first kappa shape index (κ1) is 22.3. The molecule has 0 saturated carbocycles. The largest absolute Gasteiger partial charge is 0.495 e. The molecule has 0 aromatic heterocycles. The van der Waals surface area contributed by atoms with Gasteiger partial charge in [-0.25, -0.2) is 0 Å². The highest BCUT2D eigenvalue weighted by Gasteiger charge is 2.42. The minimum Gasteiger partial charge on any atom is -0.495 e. The third kappa shape index (κ3) is 4.35. The summed E-state index contributed by atoms with van der Waals surface area (Å²) in [7, 11) is 0. The number of hydrogen-bond donors (Lipinski definition) is 0. The second kappa shape index (κ2) is 8.99. The SMILES string of the molecule is C=C(OC(C)C)C(c1ccc(C(C)C)cc1)(c1ccc(C(C)C)cc1)C(C)C. The van der Waals surface area contributed by atoms with Gasteiger partial charge in [0.15, 0.2) is 0 Å². The van der Waals surface area contributed by atoms with Crippen LogP contribution in [0.25, 0.3) is 0 Å². The lowest BCUT2D eigenvalue weighted by atomic mass is 9.65. The van der Waals surface area contributed by atoms with Crippen molar-refractivity contribution in [1.82, 2.24) is 0 Å². The molecule has 2 aromatic rings. The molecule has 152 valence electrons. The van der Waals surface area contributed by atoms with Gasteiger partial charge in [0.25, 0.3) is 0 Å². The molecule has 0 radical (unpaired) electrons. The van der Waals surface area contributed by atoms with E-state index in [1.165, 1.54) is 22.3 Å². The minimum absolute atomic E-state index is 0.0931. The van der Waals surface area contributed by atoms with Gasteiger partial charge in [0.2, 0.25) is 0 Å². The molecule has 0 unspecified atom stereocenters. The fourth-order valence-corrected chi connectivity index (χ4v) is 4.12. The standard InChI is InChI=1S/C27H38O/c1-18(2)23-10-14-25(15-11-23)27(20(5)6,22(9)28-21(7)8)26-16-12-24(13-17-26)19(3)4/h10-21H,9H2,1-8H3. The molecule has 1 heteroatoms. The van der Waals surface area contributed by atoms with Crippen LogP contribution in [0.3, 0.4) is 0 Å². The summed E-state index contributed by atoms with van der Waals surface area (Å²) in [6, 6.07) is 18.1. The lowest BCUT2D eigenvalue weighted by molar-refractivity contribution is 0.106. The van der Waals surface area contributed by atoms with Crippen LogP contribution in [0.5, 0.6) is 0 Å². The van der Waals surface area contributed by atoms with E-state index in [0.29, 0.717) is 17.8 Å². The maximum atomic E-state index is 6.25. The molecule has 1 nitrogen and oxygen atoms in total. The zero-order valence-corrected chi connectivity index (χ0v) is 19.0. The third-order valence-corrected chi connectivity index (χ3v) is 5.75. The van der Waals surface area contributed by atoms with E-state index in [-0.39, 0.29) is 11.5 Å². The molecule has 0 bridgehead atoms. The van der Waals surface area contributed by atoms with Gasteiger partial charge in [0.05, 0.1) is 11.5 Å². The molecule has 0 spiro atoms. The molecule has 0 N–H and O–H groups in total. The molecule has 0 amide bonds. The van der Waals surface area contributed by atoms with E-state index in [4.69, 9.17) is 4.74 Å². The summed E-state index contributed by atoms with van der Waals surface area (Å²) < 4.78 is 6.25. The lowest BCUT2D eigenvalue weighted by Gasteiger charge is -2.41. The van der Waals surface area contributed by atoms with Gasteiger partial charge in [-0.3, -0.25) is 0 Å². The summed E-state index contributed by atoms with van der Waals surface area (Å²) >= 11 is 0. The van der Waals surface area contributed by atoms with Crippen molar-refractivity contribution in [3.8, 4) is 0 Å². The van der Waals surface area contributed by atoms with Crippen molar-refractivity contribution in [3.63, 3.8) is 0 Å². The number of benzene rings is 2. The molecular weight excluding hydrogens is 340 g/mol. The van der Waals surface area contributed by atoms with E-state index < -0.39 is 0 Å². The summed E-state index contributed by atoms with van der Waals surface area (Å²) in [4.78, 5) is 0. The topological polar surface area (TPSA) is 9.23 Å².